The minimum absolute atomic E-state index is 0.505. The Kier molecular flexibility index (Phi) is 3.88. The molecule has 4 nitrogen and oxygen atoms in total. The van der Waals surface area contributed by atoms with E-state index in [1.54, 1.807) is 0 Å². The fourth-order valence-corrected chi connectivity index (χ4v) is 3.38. The van der Waals surface area contributed by atoms with Gasteiger partial charge in [0, 0.05) is 18.4 Å². The van der Waals surface area contributed by atoms with E-state index in [1.165, 1.54) is 5.56 Å². The Morgan fingerprint density at radius 3 is 2.44 bits per heavy atom. The third-order valence-electron chi connectivity index (χ3n) is 4.44. The van der Waals surface area contributed by atoms with Crippen LogP contribution >= 0.6 is 0 Å². The van der Waals surface area contributed by atoms with Gasteiger partial charge in [0.2, 0.25) is 0 Å². The highest BCUT2D eigenvalue weighted by atomic mass is 15.1. The van der Waals surface area contributed by atoms with E-state index >= 15 is 0 Å². The van der Waals surface area contributed by atoms with E-state index < -0.39 is 0 Å². The molecule has 0 spiro atoms. The summed E-state index contributed by atoms with van der Waals surface area (Å²) in [5.74, 6) is 2.06. The molecule has 0 unspecified atom stereocenters. The third-order valence-corrected chi connectivity index (χ3v) is 4.44. The summed E-state index contributed by atoms with van der Waals surface area (Å²) < 4.78 is 2.33. The number of hydrogen-bond acceptors (Lipinski definition) is 3. The van der Waals surface area contributed by atoms with Gasteiger partial charge in [-0.15, -0.1) is 0 Å². The molecule has 0 saturated heterocycles. The first-order chi connectivity index (χ1) is 12.1. The molecule has 0 fully saturated rings. The lowest BCUT2D eigenvalue weighted by atomic mass is 10.1. The largest absolute Gasteiger partial charge is 0.382 e. The maximum Gasteiger partial charge on any atom is 0.152 e. The number of rotatable bonds is 4. The molecule has 4 heteroatoms. The minimum atomic E-state index is 0.505. The number of nitrogens with two attached hydrogens (primary N) is 1. The number of imidazole rings is 1. The molecule has 25 heavy (non-hydrogen) atoms. The first kappa shape index (κ1) is 15.6. The van der Waals surface area contributed by atoms with Crippen molar-refractivity contribution in [3.8, 4) is 0 Å². The standard InChI is InChI=1S/C21H22N4/c1-14(2)13-25-18(12-15-8-4-3-5-9-15)24-19-20(25)16-10-6-7-11-17(16)23-21(19)22/h3-11,14H,12-13H2,1-2H3,(H2,22,23). The molecular weight excluding hydrogens is 308 g/mol. The maximum absolute atomic E-state index is 6.24. The number of nitrogen functional groups attached to an aromatic ring is 1. The Morgan fingerprint density at radius 2 is 1.68 bits per heavy atom. The summed E-state index contributed by atoms with van der Waals surface area (Å²) in [6.07, 6.45) is 0.788. The van der Waals surface area contributed by atoms with Gasteiger partial charge >= 0.3 is 0 Å². The van der Waals surface area contributed by atoms with E-state index in [9.17, 15) is 0 Å². The van der Waals surface area contributed by atoms with Crippen molar-refractivity contribution >= 4 is 27.8 Å². The number of nitrogens with zero attached hydrogens (tertiary/aromatic N) is 3. The van der Waals surface area contributed by atoms with Gasteiger partial charge in [0.05, 0.1) is 11.0 Å². The number of aromatic nitrogens is 3. The maximum atomic E-state index is 6.24. The quantitative estimate of drug-likeness (QED) is 0.603. The van der Waals surface area contributed by atoms with Crippen molar-refractivity contribution in [2.24, 2.45) is 5.92 Å². The smallest absolute Gasteiger partial charge is 0.152 e. The Bertz CT molecular complexity index is 1030. The number of para-hydroxylation sites is 1. The highest BCUT2D eigenvalue weighted by Gasteiger charge is 2.18. The van der Waals surface area contributed by atoms with Gasteiger partial charge < -0.3 is 10.3 Å². The molecular formula is C21H22N4. The molecule has 0 aliphatic heterocycles. The molecule has 2 aromatic carbocycles. The van der Waals surface area contributed by atoms with E-state index in [4.69, 9.17) is 10.7 Å². The average molecular weight is 330 g/mol. The molecule has 2 aromatic heterocycles. The molecule has 0 aliphatic carbocycles. The topological polar surface area (TPSA) is 56.7 Å². The Hall–Kier alpha value is -2.88. The second-order valence-corrected chi connectivity index (χ2v) is 6.91. The van der Waals surface area contributed by atoms with Crippen LogP contribution in [0.3, 0.4) is 0 Å². The highest BCUT2D eigenvalue weighted by Crippen LogP contribution is 2.30. The van der Waals surface area contributed by atoms with Crippen LogP contribution in [0, 0.1) is 5.92 Å². The van der Waals surface area contributed by atoms with Gasteiger partial charge in [-0.1, -0.05) is 62.4 Å². The zero-order chi connectivity index (χ0) is 17.4. The van der Waals surface area contributed by atoms with Crippen molar-refractivity contribution in [2.45, 2.75) is 26.8 Å². The first-order valence-electron chi connectivity index (χ1n) is 8.70. The average Bonchev–Trinajstić information content (AvgIpc) is 2.95. The predicted molar refractivity (Wildman–Crippen MR) is 104 cm³/mol. The van der Waals surface area contributed by atoms with Crippen LogP contribution < -0.4 is 5.73 Å². The number of hydrogen-bond donors (Lipinski definition) is 1. The molecule has 126 valence electrons. The summed E-state index contributed by atoms with van der Waals surface area (Å²) in [5.41, 5.74) is 10.3. The molecule has 4 rings (SSSR count). The Labute approximate surface area is 147 Å². The lowest BCUT2D eigenvalue weighted by molar-refractivity contribution is 0.520. The van der Waals surface area contributed by atoms with Crippen LogP contribution in [0.1, 0.15) is 25.2 Å². The molecule has 0 aliphatic rings. The summed E-state index contributed by atoms with van der Waals surface area (Å²) in [5, 5.41) is 1.11. The number of pyridine rings is 1. The van der Waals surface area contributed by atoms with Crippen molar-refractivity contribution in [3.63, 3.8) is 0 Å². The zero-order valence-corrected chi connectivity index (χ0v) is 14.6. The third kappa shape index (κ3) is 2.84. The van der Waals surface area contributed by atoms with E-state index in [-0.39, 0.29) is 0 Å². The fraction of sp³-hybridized carbons (Fsp3) is 0.238. The number of anilines is 1. The van der Waals surface area contributed by atoms with Crippen LogP contribution in [-0.2, 0) is 13.0 Å². The molecule has 0 bridgehead atoms. The predicted octanol–water partition coefficient (Wildman–Crippen LogP) is 4.41. The summed E-state index contributed by atoms with van der Waals surface area (Å²) in [6.45, 7) is 5.36. The molecule has 4 aromatic rings. The first-order valence-corrected chi connectivity index (χ1v) is 8.70. The SMILES string of the molecule is CC(C)Cn1c(Cc2ccccc2)nc2c(N)nc3ccccc3c21. The van der Waals surface area contributed by atoms with Crippen molar-refractivity contribution in [3.05, 3.63) is 66.0 Å². The van der Waals surface area contributed by atoms with E-state index in [0.717, 1.165) is 40.7 Å². The summed E-state index contributed by atoms with van der Waals surface area (Å²) in [6, 6.07) is 18.6. The zero-order valence-electron chi connectivity index (χ0n) is 14.6. The molecule has 2 heterocycles. The highest BCUT2D eigenvalue weighted by molar-refractivity contribution is 6.06. The van der Waals surface area contributed by atoms with E-state index in [0.29, 0.717) is 11.7 Å². The van der Waals surface area contributed by atoms with Gasteiger partial charge in [0.25, 0.3) is 0 Å². The van der Waals surface area contributed by atoms with Crippen LogP contribution in [0.5, 0.6) is 0 Å². The summed E-state index contributed by atoms with van der Waals surface area (Å²) in [4.78, 5) is 9.43. The lowest BCUT2D eigenvalue weighted by Crippen LogP contribution is -2.09. The van der Waals surface area contributed by atoms with Crippen LogP contribution in [0.4, 0.5) is 5.82 Å². The molecule has 2 N–H and O–H groups in total. The van der Waals surface area contributed by atoms with E-state index in [2.05, 4.69) is 53.7 Å². The second kappa shape index (κ2) is 6.20. The normalized spacial score (nSPS) is 11.6. The molecule has 0 amide bonds. The molecule has 0 radical (unpaired) electrons. The van der Waals surface area contributed by atoms with Crippen LogP contribution in [0.15, 0.2) is 54.6 Å². The van der Waals surface area contributed by atoms with Crippen molar-refractivity contribution in [2.75, 3.05) is 5.73 Å². The molecule has 0 saturated carbocycles. The van der Waals surface area contributed by atoms with Crippen molar-refractivity contribution in [1.29, 1.82) is 0 Å². The molecule has 0 atom stereocenters. The monoisotopic (exact) mass is 330 g/mol. The van der Waals surface area contributed by atoms with Gasteiger partial charge in [-0.2, -0.15) is 0 Å². The summed E-state index contributed by atoms with van der Waals surface area (Å²) in [7, 11) is 0. The van der Waals surface area contributed by atoms with Crippen LogP contribution in [0.25, 0.3) is 21.9 Å². The Morgan fingerprint density at radius 1 is 0.960 bits per heavy atom. The van der Waals surface area contributed by atoms with Gasteiger partial charge in [-0.3, -0.25) is 0 Å². The number of benzene rings is 2. The lowest BCUT2D eigenvalue weighted by Gasteiger charge is -2.13. The van der Waals surface area contributed by atoms with Crippen molar-refractivity contribution in [1.82, 2.24) is 14.5 Å². The second-order valence-electron chi connectivity index (χ2n) is 6.91. The van der Waals surface area contributed by atoms with Gasteiger partial charge in [0.15, 0.2) is 5.82 Å². The fourth-order valence-electron chi connectivity index (χ4n) is 3.38. The van der Waals surface area contributed by atoms with E-state index in [1.807, 2.05) is 24.3 Å². The van der Waals surface area contributed by atoms with Gasteiger partial charge in [-0.05, 0) is 17.5 Å². The Balaban J connectivity index is 1.99. The summed E-state index contributed by atoms with van der Waals surface area (Å²) >= 11 is 0. The number of fused-ring (bicyclic) bond motifs is 3. The van der Waals surface area contributed by atoms with Gasteiger partial charge in [-0.25, -0.2) is 9.97 Å². The van der Waals surface area contributed by atoms with Crippen molar-refractivity contribution < 1.29 is 0 Å². The van der Waals surface area contributed by atoms with Crippen LogP contribution in [-0.4, -0.2) is 14.5 Å². The van der Waals surface area contributed by atoms with Gasteiger partial charge in [0.1, 0.15) is 11.3 Å². The minimum Gasteiger partial charge on any atom is -0.382 e. The van der Waals surface area contributed by atoms with Crippen LogP contribution in [0.2, 0.25) is 0 Å².